The average molecular weight is 423 g/mol. The Balaban J connectivity index is 1.25. The van der Waals surface area contributed by atoms with Crippen molar-refractivity contribution in [2.24, 2.45) is 0 Å². The van der Waals surface area contributed by atoms with Gasteiger partial charge >= 0.3 is 0 Å². The summed E-state index contributed by atoms with van der Waals surface area (Å²) in [4.78, 5) is 12.3. The Hall–Kier alpha value is -2.73. The molecule has 0 unspecified atom stereocenters. The molecule has 1 heterocycles. The maximum atomic E-state index is 11.7. The SMILES string of the molecule is N=C1NC(=O)C(=Cc2cccc(OCCOc3ccc(C4CCCCC4)cc3)c2)S1. The van der Waals surface area contributed by atoms with Crippen LogP contribution in [0.2, 0.25) is 0 Å². The third-order valence-corrected chi connectivity index (χ3v) is 6.23. The lowest BCUT2D eigenvalue weighted by atomic mass is 9.84. The zero-order valence-electron chi connectivity index (χ0n) is 16.9. The van der Waals surface area contributed by atoms with Crippen LogP contribution in [0.15, 0.2) is 53.4 Å². The highest BCUT2D eigenvalue weighted by molar-refractivity contribution is 8.18. The minimum absolute atomic E-state index is 0.155. The zero-order valence-corrected chi connectivity index (χ0v) is 17.7. The molecule has 0 radical (unpaired) electrons. The molecule has 1 saturated heterocycles. The number of amidine groups is 1. The molecule has 6 heteroatoms. The average Bonchev–Trinajstić information content (AvgIpc) is 3.09. The molecule has 2 N–H and O–H groups in total. The van der Waals surface area contributed by atoms with Crippen molar-refractivity contribution >= 4 is 28.9 Å². The van der Waals surface area contributed by atoms with Gasteiger partial charge in [-0.1, -0.05) is 43.5 Å². The monoisotopic (exact) mass is 422 g/mol. The van der Waals surface area contributed by atoms with Gasteiger partial charge in [-0.15, -0.1) is 0 Å². The van der Waals surface area contributed by atoms with Crippen LogP contribution in [0.5, 0.6) is 11.5 Å². The molecule has 2 aliphatic rings. The number of benzene rings is 2. The van der Waals surface area contributed by atoms with E-state index in [2.05, 4.69) is 29.6 Å². The second-order valence-corrected chi connectivity index (χ2v) is 8.62. The van der Waals surface area contributed by atoms with Crippen LogP contribution in [0.1, 0.15) is 49.1 Å². The first-order valence-electron chi connectivity index (χ1n) is 10.4. The lowest BCUT2D eigenvalue weighted by Gasteiger charge is -2.22. The van der Waals surface area contributed by atoms with Crippen LogP contribution in [0.25, 0.3) is 6.08 Å². The Bertz CT molecular complexity index is 934. The van der Waals surface area contributed by atoms with Gasteiger partial charge in [-0.2, -0.15) is 0 Å². The smallest absolute Gasteiger partial charge is 0.264 e. The van der Waals surface area contributed by atoms with E-state index in [1.165, 1.54) is 37.7 Å². The molecule has 1 aliphatic carbocycles. The van der Waals surface area contributed by atoms with Crippen LogP contribution in [-0.2, 0) is 4.79 Å². The summed E-state index contributed by atoms with van der Waals surface area (Å²) < 4.78 is 11.6. The highest BCUT2D eigenvalue weighted by Gasteiger charge is 2.22. The molecule has 1 aliphatic heterocycles. The number of hydrogen-bond donors (Lipinski definition) is 2. The summed E-state index contributed by atoms with van der Waals surface area (Å²) in [5.74, 6) is 2.05. The van der Waals surface area contributed by atoms with Gasteiger partial charge in [-0.25, -0.2) is 0 Å². The molecule has 156 valence electrons. The fraction of sp³-hybridized carbons (Fsp3) is 0.333. The molecule has 0 spiro atoms. The second-order valence-electron chi connectivity index (χ2n) is 7.57. The van der Waals surface area contributed by atoms with E-state index in [0.29, 0.717) is 24.0 Å². The van der Waals surface area contributed by atoms with Gasteiger partial charge in [0.1, 0.15) is 24.7 Å². The summed E-state index contributed by atoms with van der Waals surface area (Å²) in [6.07, 6.45) is 8.42. The number of rotatable bonds is 7. The molecule has 1 saturated carbocycles. The normalized spacial score (nSPS) is 18.5. The zero-order chi connectivity index (χ0) is 20.8. The lowest BCUT2D eigenvalue weighted by molar-refractivity contribution is -0.115. The van der Waals surface area contributed by atoms with Gasteiger partial charge in [0, 0.05) is 0 Å². The van der Waals surface area contributed by atoms with Crippen LogP contribution in [0, 0.1) is 5.41 Å². The van der Waals surface area contributed by atoms with Gasteiger partial charge in [0.25, 0.3) is 5.91 Å². The first-order valence-corrected chi connectivity index (χ1v) is 11.2. The van der Waals surface area contributed by atoms with Gasteiger partial charge in [0.15, 0.2) is 5.17 Å². The van der Waals surface area contributed by atoms with Gasteiger partial charge in [0.05, 0.1) is 4.91 Å². The summed E-state index contributed by atoms with van der Waals surface area (Å²) in [6.45, 7) is 0.897. The largest absolute Gasteiger partial charge is 0.490 e. The molecule has 30 heavy (non-hydrogen) atoms. The molecule has 1 amide bonds. The van der Waals surface area contributed by atoms with E-state index in [-0.39, 0.29) is 11.1 Å². The molecule has 5 nitrogen and oxygen atoms in total. The van der Waals surface area contributed by atoms with Crippen LogP contribution < -0.4 is 14.8 Å². The quantitative estimate of drug-likeness (QED) is 0.467. The fourth-order valence-electron chi connectivity index (χ4n) is 3.88. The van der Waals surface area contributed by atoms with Crippen LogP contribution in [0.4, 0.5) is 0 Å². The minimum atomic E-state index is -0.237. The maximum Gasteiger partial charge on any atom is 0.264 e. The molecule has 2 fully saturated rings. The Morgan fingerprint density at radius 3 is 2.43 bits per heavy atom. The highest BCUT2D eigenvalue weighted by Crippen LogP contribution is 2.33. The second kappa shape index (κ2) is 9.85. The predicted octanol–water partition coefficient (Wildman–Crippen LogP) is 5.33. The molecule has 2 aromatic rings. The van der Waals surface area contributed by atoms with Crippen LogP contribution >= 0.6 is 11.8 Å². The Kier molecular flexibility index (Phi) is 6.74. The molecule has 2 aromatic carbocycles. The fourth-order valence-corrected chi connectivity index (χ4v) is 4.58. The van der Waals surface area contributed by atoms with E-state index in [1.807, 2.05) is 24.3 Å². The number of hydrogen-bond acceptors (Lipinski definition) is 5. The topological polar surface area (TPSA) is 71.4 Å². The van der Waals surface area contributed by atoms with Crippen molar-refractivity contribution in [2.45, 2.75) is 38.0 Å². The lowest BCUT2D eigenvalue weighted by Crippen LogP contribution is -2.18. The van der Waals surface area contributed by atoms with Crippen LogP contribution in [-0.4, -0.2) is 24.3 Å². The molecule has 0 aromatic heterocycles. The first kappa shape index (κ1) is 20.5. The Morgan fingerprint density at radius 2 is 1.73 bits per heavy atom. The number of carbonyl (C=O) groups is 1. The molecule has 0 bridgehead atoms. The predicted molar refractivity (Wildman–Crippen MR) is 121 cm³/mol. The standard InChI is InChI=1S/C24H26N2O3S/c25-24-26-23(27)22(30-24)16-17-5-4-8-21(15-17)29-14-13-28-20-11-9-19(10-12-20)18-6-2-1-3-7-18/h4-5,8-12,15-16,18H,1-3,6-7,13-14H2,(H2,25,26,27). The van der Waals surface area contributed by atoms with E-state index >= 15 is 0 Å². The summed E-state index contributed by atoms with van der Waals surface area (Å²) in [6, 6.07) is 16.0. The van der Waals surface area contributed by atoms with Gasteiger partial charge < -0.3 is 14.8 Å². The summed E-state index contributed by atoms with van der Waals surface area (Å²) in [5, 5.41) is 10.1. The van der Waals surface area contributed by atoms with E-state index in [1.54, 1.807) is 6.08 Å². The van der Waals surface area contributed by atoms with Gasteiger partial charge in [-0.05, 0) is 72.0 Å². The minimum Gasteiger partial charge on any atom is -0.490 e. The van der Waals surface area contributed by atoms with Crippen molar-refractivity contribution in [3.63, 3.8) is 0 Å². The molecule has 0 atom stereocenters. The third kappa shape index (κ3) is 5.45. The van der Waals surface area contributed by atoms with Crippen molar-refractivity contribution in [1.29, 1.82) is 5.41 Å². The first-order chi connectivity index (χ1) is 14.7. The van der Waals surface area contributed by atoms with E-state index in [9.17, 15) is 4.79 Å². The van der Waals surface area contributed by atoms with Crippen LogP contribution in [0.3, 0.4) is 0 Å². The Labute approximate surface area is 181 Å². The van der Waals surface area contributed by atoms with E-state index in [4.69, 9.17) is 14.9 Å². The summed E-state index contributed by atoms with van der Waals surface area (Å²) in [7, 11) is 0. The molecular formula is C24H26N2O3S. The van der Waals surface area contributed by atoms with Crippen molar-refractivity contribution in [2.75, 3.05) is 13.2 Å². The van der Waals surface area contributed by atoms with Gasteiger partial charge in [-0.3, -0.25) is 10.2 Å². The number of carbonyl (C=O) groups excluding carboxylic acids is 1. The summed E-state index contributed by atoms with van der Waals surface area (Å²) >= 11 is 1.13. The Morgan fingerprint density at radius 1 is 1.00 bits per heavy atom. The van der Waals surface area contributed by atoms with Crippen molar-refractivity contribution < 1.29 is 14.3 Å². The number of nitrogens with one attached hydrogen (secondary N) is 2. The van der Waals surface area contributed by atoms with E-state index < -0.39 is 0 Å². The van der Waals surface area contributed by atoms with Gasteiger partial charge in [0.2, 0.25) is 0 Å². The van der Waals surface area contributed by atoms with Crippen molar-refractivity contribution in [3.05, 3.63) is 64.6 Å². The van der Waals surface area contributed by atoms with Crippen molar-refractivity contribution in [3.8, 4) is 11.5 Å². The number of thioether (sulfide) groups is 1. The highest BCUT2D eigenvalue weighted by atomic mass is 32.2. The maximum absolute atomic E-state index is 11.7. The molecular weight excluding hydrogens is 396 g/mol. The van der Waals surface area contributed by atoms with E-state index in [0.717, 1.165) is 28.8 Å². The van der Waals surface area contributed by atoms with Crippen molar-refractivity contribution in [1.82, 2.24) is 5.32 Å². The summed E-state index contributed by atoms with van der Waals surface area (Å²) in [5.41, 5.74) is 2.28. The molecule has 4 rings (SSSR count). The number of amides is 1. The number of ether oxygens (including phenoxy) is 2. The third-order valence-electron chi connectivity index (χ3n) is 5.40.